The van der Waals surface area contributed by atoms with Crippen molar-refractivity contribution in [2.24, 2.45) is 0 Å². The summed E-state index contributed by atoms with van der Waals surface area (Å²) in [6.07, 6.45) is 1.40. The SMILES string of the molecule is C=COC(C)OC(=C)C(=O)OCCC. The Morgan fingerprint density at radius 2 is 2.21 bits per heavy atom. The maximum Gasteiger partial charge on any atom is 0.373 e. The van der Waals surface area contributed by atoms with Crippen molar-refractivity contribution in [2.75, 3.05) is 6.61 Å². The molecule has 1 unspecified atom stereocenters. The maximum atomic E-state index is 11.1. The molecule has 4 nitrogen and oxygen atoms in total. The molecule has 0 rings (SSSR count). The van der Waals surface area contributed by atoms with Crippen LogP contribution in [-0.2, 0) is 19.0 Å². The molecule has 0 spiro atoms. The molecule has 0 aromatic rings. The Hall–Kier alpha value is -1.45. The number of hydrogen-bond donors (Lipinski definition) is 0. The fourth-order valence-corrected chi connectivity index (χ4v) is 0.687. The average molecular weight is 200 g/mol. The number of carbonyl (C=O) groups is 1. The Labute approximate surface area is 84.1 Å². The van der Waals surface area contributed by atoms with Gasteiger partial charge in [0.2, 0.25) is 12.0 Å². The van der Waals surface area contributed by atoms with E-state index in [1.807, 2.05) is 6.92 Å². The lowest BCUT2D eigenvalue weighted by molar-refractivity contribution is -0.149. The topological polar surface area (TPSA) is 44.8 Å². The summed E-state index contributed by atoms with van der Waals surface area (Å²) < 4.78 is 14.6. The van der Waals surface area contributed by atoms with Gasteiger partial charge < -0.3 is 14.2 Å². The predicted octanol–water partition coefficient (Wildman–Crippen LogP) is 1.98. The Kier molecular flexibility index (Phi) is 6.28. The standard InChI is InChI=1S/C10H16O4/c1-5-7-13-10(11)8(3)14-9(4)12-6-2/h6,9H,2-3,5,7H2,1,4H3. The molecule has 14 heavy (non-hydrogen) atoms. The number of ether oxygens (including phenoxy) is 3. The summed E-state index contributed by atoms with van der Waals surface area (Å²) in [7, 11) is 0. The minimum atomic E-state index is -0.589. The van der Waals surface area contributed by atoms with Crippen molar-refractivity contribution in [2.45, 2.75) is 26.6 Å². The Morgan fingerprint density at radius 1 is 1.57 bits per heavy atom. The maximum absolute atomic E-state index is 11.1. The van der Waals surface area contributed by atoms with Crippen LogP contribution in [0.5, 0.6) is 0 Å². The molecule has 0 fully saturated rings. The molecule has 0 radical (unpaired) electrons. The predicted molar refractivity (Wildman–Crippen MR) is 52.2 cm³/mol. The Morgan fingerprint density at radius 3 is 2.71 bits per heavy atom. The van der Waals surface area contributed by atoms with Crippen molar-refractivity contribution in [3.05, 3.63) is 25.2 Å². The molecule has 1 atom stereocenters. The highest BCUT2D eigenvalue weighted by molar-refractivity contribution is 5.85. The van der Waals surface area contributed by atoms with E-state index in [9.17, 15) is 4.79 Å². The van der Waals surface area contributed by atoms with E-state index in [0.717, 1.165) is 6.42 Å². The monoisotopic (exact) mass is 200 g/mol. The molecule has 0 aromatic carbocycles. The molecule has 0 bridgehead atoms. The van der Waals surface area contributed by atoms with E-state index in [1.165, 1.54) is 6.26 Å². The lowest BCUT2D eigenvalue weighted by atomic mass is 10.5. The smallest absolute Gasteiger partial charge is 0.373 e. The number of rotatable bonds is 7. The summed E-state index contributed by atoms with van der Waals surface area (Å²) in [5.74, 6) is -0.626. The molecule has 0 amide bonds. The van der Waals surface area contributed by atoms with Gasteiger partial charge in [0.05, 0.1) is 12.9 Å². The average Bonchev–Trinajstić information content (AvgIpc) is 2.14. The molecular weight excluding hydrogens is 184 g/mol. The lowest BCUT2D eigenvalue weighted by Gasteiger charge is -2.14. The van der Waals surface area contributed by atoms with Crippen LogP contribution in [0.4, 0.5) is 0 Å². The fraction of sp³-hybridized carbons (Fsp3) is 0.500. The van der Waals surface area contributed by atoms with E-state index in [1.54, 1.807) is 6.92 Å². The van der Waals surface area contributed by atoms with Crippen LogP contribution < -0.4 is 0 Å². The third-order valence-electron chi connectivity index (χ3n) is 1.26. The van der Waals surface area contributed by atoms with E-state index in [4.69, 9.17) is 14.2 Å². The van der Waals surface area contributed by atoms with E-state index in [0.29, 0.717) is 6.61 Å². The summed E-state index contributed by atoms with van der Waals surface area (Å²) in [6, 6.07) is 0. The third-order valence-corrected chi connectivity index (χ3v) is 1.26. The quantitative estimate of drug-likeness (QED) is 0.273. The molecule has 0 aliphatic heterocycles. The van der Waals surface area contributed by atoms with Gasteiger partial charge in [0, 0.05) is 6.92 Å². The molecule has 4 heteroatoms. The third kappa shape index (κ3) is 5.24. The molecule has 80 valence electrons. The van der Waals surface area contributed by atoms with E-state index in [2.05, 4.69) is 13.2 Å². The molecule has 0 saturated heterocycles. The van der Waals surface area contributed by atoms with Crippen LogP contribution in [0.2, 0.25) is 0 Å². The van der Waals surface area contributed by atoms with Crippen molar-refractivity contribution >= 4 is 5.97 Å². The van der Waals surface area contributed by atoms with Crippen molar-refractivity contribution in [1.29, 1.82) is 0 Å². The van der Waals surface area contributed by atoms with Crippen molar-refractivity contribution < 1.29 is 19.0 Å². The summed E-state index contributed by atoms with van der Waals surface area (Å²) >= 11 is 0. The van der Waals surface area contributed by atoms with Gasteiger partial charge in [-0.1, -0.05) is 13.5 Å². The van der Waals surface area contributed by atoms with Crippen molar-refractivity contribution in [1.82, 2.24) is 0 Å². The first-order valence-electron chi connectivity index (χ1n) is 4.40. The van der Waals surface area contributed by atoms with E-state index in [-0.39, 0.29) is 5.76 Å². The van der Waals surface area contributed by atoms with Gasteiger partial charge in [-0.3, -0.25) is 0 Å². The number of hydrogen-bond acceptors (Lipinski definition) is 4. The van der Waals surface area contributed by atoms with Gasteiger partial charge in [-0.25, -0.2) is 4.79 Å². The first kappa shape index (κ1) is 12.6. The normalized spacial score (nSPS) is 11.3. The van der Waals surface area contributed by atoms with Gasteiger partial charge in [0.25, 0.3) is 0 Å². The minimum absolute atomic E-state index is 0.0622. The van der Waals surface area contributed by atoms with Crippen LogP contribution in [0.1, 0.15) is 20.3 Å². The number of carbonyl (C=O) groups excluding carboxylic acids is 1. The van der Waals surface area contributed by atoms with Crippen molar-refractivity contribution in [3.63, 3.8) is 0 Å². The van der Waals surface area contributed by atoms with Gasteiger partial charge in [-0.2, -0.15) is 0 Å². The van der Waals surface area contributed by atoms with E-state index < -0.39 is 12.3 Å². The highest BCUT2D eigenvalue weighted by Crippen LogP contribution is 2.04. The highest BCUT2D eigenvalue weighted by atomic mass is 16.7. The van der Waals surface area contributed by atoms with E-state index >= 15 is 0 Å². The van der Waals surface area contributed by atoms with Crippen LogP contribution in [0.3, 0.4) is 0 Å². The summed E-state index contributed by atoms with van der Waals surface area (Å²) in [6.45, 7) is 10.7. The number of esters is 1. The highest BCUT2D eigenvalue weighted by Gasteiger charge is 2.12. The lowest BCUT2D eigenvalue weighted by Crippen LogP contribution is -2.16. The minimum Gasteiger partial charge on any atom is -0.463 e. The zero-order valence-electron chi connectivity index (χ0n) is 8.62. The van der Waals surface area contributed by atoms with Gasteiger partial charge in [-0.05, 0) is 13.0 Å². The molecular formula is C10H16O4. The Balaban J connectivity index is 3.82. The molecule has 0 aliphatic carbocycles. The largest absolute Gasteiger partial charge is 0.463 e. The zero-order chi connectivity index (χ0) is 11.0. The van der Waals surface area contributed by atoms with Crippen LogP contribution in [0.15, 0.2) is 25.2 Å². The first-order valence-corrected chi connectivity index (χ1v) is 4.40. The summed E-state index contributed by atoms with van der Waals surface area (Å²) in [5, 5.41) is 0. The van der Waals surface area contributed by atoms with Crippen LogP contribution in [0, 0.1) is 0 Å². The van der Waals surface area contributed by atoms with Gasteiger partial charge in [0.1, 0.15) is 0 Å². The Bertz CT molecular complexity index is 210. The zero-order valence-corrected chi connectivity index (χ0v) is 8.62. The first-order chi connectivity index (χ1) is 6.61. The second-order valence-electron chi connectivity index (χ2n) is 2.55. The van der Waals surface area contributed by atoms with Crippen LogP contribution in [-0.4, -0.2) is 18.9 Å². The van der Waals surface area contributed by atoms with Crippen LogP contribution in [0.25, 0.3) is 0 Å². The summed E-state index contributed by atoms with van der Waals surface area (Å²) in [4.78, 5) is 11.1. The van der Waals surface area contributed by atoms with Crippen molar-refractivity contribution in [3.8, 4) is 0 Å². The molecule has 0 saturated carbocycles. The summed E-state index contributed by atoms with van der Waals surface area (Å²) in [5.41, 5.74) is 0. The molecule has 0 N–H and O–H groups in total. The second kappa shape index (κ2) is 7.00. The van der Waals surface area contributed by atoms with Crippen LogP contribution >= 0.6 is 0 Å². The molecule has 0 heterocycles. The van der Waals surface area contributed by atoms with Gasteiger partial charge in [0.15, 0.2) is 0 Å². The fourth-order valence-electron chi connectivity index (χ4n) is 0.687. The second-order valence-corrected chi connectivity index (χ2v) is 2.55. The van der Waals surface area contributed by atoms with Gasteiger partial charge >= 0.3 is 5.97 Å². The molecule has 0 aliphatic rings. The molecule has 0 aromatic heterocycles. The van der Waals surface area contributed by atoms with Gasteiger partial charge in [-0.15, -0.1) is 0 Å².